The monoisotopic (exact) mass is 276 g/mol. The van der Waals surface area contributed by atoms with Gasteiger partial charge in [-0.15, -0.1) is 0 Å². The van der Waals surface area contributed by atoms with Gasteiger partial charge in [0.05, 0.1) is 4.92 Å². The first-order valence-electron chi connectivity index (χ1n) is 7.29. The van der Waals surface area contributed by atoms with Crippen molar-refractivity contribution >= 4 is 11.4 Å². The van der Waals surface area contributed by atoms with E-state index in [9.17, 15) is 10.1 Å². The molecule has 0 aliphatic heterocycles. The van der Waals surface area contributed by atoms with Gasteiger partial charge in [0.15, 0.2) is 0 Å². The van der Waals surface area contributed by atoms with Crippen LogP contribution in [-0.4, -0.2) is 11.0 Å². The van der Waals surface area contributed by atoms with E-state index >= 15 is 0 Å². The molecule has 0 radical (unpaired) electrons. The van der Waals surface area contributed by atoms with E-state index in [1.165, 1.54) is 6.42 Å². The third-order valence-electron chi connectivity index (χ3n) is 4.25. The number of rotatable bonds is 3. The van der Waals surface area contributed by atoms with Gasteiger partial charge in [-0.25, -0.2) is 0 Å². The van der Waals surface area contributed by atoms with E-state index in [4.69, 9.17) is 0 Å². The maximum absolute atomic E-state index is 11.0. The van der Waals surface area contributed by atoms with Gasteiger partial charge >= 0.3 is 0 Å². The molecule has 0 heterocycles. The van der Waals surface area contributed by atoms with Gasteiger partial charge in [-0.05, 0) is 43.6 Å². The quantitative estimate of drug-likeness (QED) is 0.652. The molecule has 1 N–H and O–H groups in total. The third kappa shape index (κ3) is 3.30. The van der Waals surface area contributed by atoms with E-state index in [0.29, 0.717) is 17.4 Å². The Hall–Kier alpha value is -1.58. The fourth-order valence-electron chi connectivity index (χ4n) is 3.65. The summed E-state index contributed by atoms with van der Waals surface area (Å²) in [5.41, 5.74) is 2.16. The van der Waals surface area contributed by atoms with Crippen LogP contribution in [0.3, 0.4) is 0 Å². The van der Waals surface area contributed by atoms with Crippen LogP contribution in [0.5, 0.6) is 0 Å². The van der Waals surface area contributed by atoms with Gasteiger partial charge in [-0.2, -0.15) is 0 Å². The number of nitro groups is 1. The summed E-state index contributed by atoms with van der Waals surface area (Å²) in [6.45, 7) is 8.71. The van der Waals surface area contributed by atoms with Gasteiger partial charge in [0.1, 0.15) is 0 Å². The Balaban J connectivity index is 2.18. The van der Waals surface area contributed by atoms with Crippen molar-refractivity contribution in [1.29, 1.82) is 0 Å². The standard InChI is InChI=1S/C16H24N2O2/c1-11-8-13(10-16(3,4)9-11)17-14-6-5-7-15(12(14)2)18(19)20/h5-7,11,13,17H,8-10H2,1-4H3. The Morgan fingerprint density at radius 3 is 2.65 bits per heavy atom. The number of nitrogens with one attached hydrogen (secondary N) is 1. The Kier molecular flexibility index (Phi) is 4.02. The van der Waals surface area contributed by atoms with Crippen LogP contribution in [0.4, 0.5) is 11.4 Å². The highest BCUT2D eigenvalue weighted by atomic mass is 16.6. The average molecular weight is 276 g/mol. The van der Waals surface area contributed by atoms with Crippen LogP contribution in [0.15, 0.2) is 18.2 Å². The highest BCUT2D eigenvalue weighted by Gasteiger charge is 2.32. The second-order valence-electron chi connectivity index (χ2n) is 6.96. The van der Waals surface area contributed by atoms with Crippen molar-refractivity contribution in [2.45, 2.75) is 53.0 Å². The summed E-state index contributed by atoms with van der Waals surface area (Å²) in [5, 5.41) is 14.5. The zero-order valence-corrected chi connectivity index (χ0v) is 12.8. The fraction of sp³-hybridized carbons (Fsp3) is 0.625. The number of anilines is 1. The number of nitrogens with zero attached hydrogens (tertiary/aromatic N) is 1. The summed E-state index contributed by atoms with van der Waals surface area (Å²) in [7, 11) is 0. The van der Waals surface area contributed by atoms with E-state index < -0.39 is 0 Å². The lowest BCUT2D eigenvalue weighted by Gasteiger charge is -2.39. The van der Waals surface area contributed by atoms with Crippen LogP contribution in [0.25, 0.3) is 0 Å². The summed E-state index contributed by atoms with van der Waals surface area (Å²) in [5.74, 6) is 0.690. The van der Waals surface area contributed by atoms with Gasteiger partial charge < -0.3 is 5.32 Å². The Labute approximate surface area is 120 Å². The lowest BCUT2D eigenvalue weighted by atomic mass is 9.70. The lowest BCUT2D eigenvalue weighted by Crippen LogP contribution is -2.35. The zero-order chi connectivity index (χ0) is 14.9. The largest absolute Gasteiger partial charge is 0.382 e. The Bertz CT molecular complexity index is 511. The molecule has 1 aromatic carbocycles. The molecular weight excluding hydrogens is 252 g/mol. The third-order valence-corrected chi connectivity index (χ3v) is 4.25. The molecule has 0 spiro atoms. The van der Waals surface area contributed by atoms with E-state index in [2.05, 4.69) is 26.1 Å². The molecule has 2 atom stereocenters. The van der Waals surface area contributed by atoms with Gasteiger partial charge in [-0.3, -0.25) is 10.1 Å². The van der Waals surface area contributed by atoms with Crippen molar-refractivity contribution in [2.75, 3.05) is 5.32 Å². The fourth-order valence-corrected chi connectivity index (χ4v) is 3.65. The van der Waals surface area contributed by atoms with Crippen LogP contribution in [0, 0.1) is 28.4 Å². The first-order valence-corrected chi connectivity index (χ1v) is 7.29. The normalized spacial score (nSPS) is 25.2. The second kappa shape index (κ2) is 5.43. The Morgan fingerprint density at radius 1 is 1.35 bits per heavy atom. The van der Waals surface area contributed by atoms with Crippen LogP contribution in [0.1, 0.15) is 45.6 Å². The lowest BCUT2D eigenvalue weighted by molar-refractivity contribution is -0.385. The molecule has 0 bridgehead atoms. The first kappa shape index (κ1) is 14.8. The van der Waals surface area contributed by atoms with E-state index in [-0.39, 0.29) is 10.6 Å². The van der Waals surface area contributed by atoms with E-state index in [0.717, 1.165) is 24.1 Å². The topological polar surface area (TPSA) is 55.2 Å². The average Bonchev–Trinajstić information content (AvgIpc) is 2.28. The minimum Gasteiger partial charge on any atom is -0.382 e. The molecule has 2 unspecified atom stereocenters. The molecule has 4 heteroatoms. The minimum absolute atomic E-state index is 0.193. The number of nitro benzene ring substituents is 1. The number of hydrogen-bond donors (Lipinski definition) is 1. The van der Waals surface area contributed by atoms with Gasteiger partial charge in [0.2, 0.25) is 0 Å². The maximum Gasteiger partial charge on any atom is 0.274 e. The molecule has 0 amide bonds. The van der Waals surface area contributed by atoms with Crippen LogP contribution < -0.4 is 5.32 Å². The van der Waals surface area contributed by atoms with Crippen LogP contribution in [0.2, 0.25) is 0 Å². The number of benzene rings is 1. The predicted molar refractivity (Wildman–Crippen MR) is 82.0 cm³/mol. The summed E-state index contributed by atoms with van der Waals surface area (Å²) in [6, 6.07) is 5.66. The van der Waals surface area contributed by atoms with Crippen LogP contribution >= 0.6 is 0 Å². The summed E-state index contributed by atoms with van der Waals surface area (Å²) in [6.07, 6.45) is 3.49. The van der Waals surface area contributed by atoms with Crippen molar-refractivity contribution in [3.05, 3.63) is 33.9 Å². The Morgan fingerprint density at radius 2 is 2.05 bits per heavy atom. The van der Waals surface area contributed by atoms with Crippen molar-refractivity contribution in [3.8, 4) is 0 Å². The molecule has 4 nitrogen and oxygen atoms in total. The van der Waals surface area contributed by atoms with Crippen LogP contribution in [-0.2, 0) is 0 Å². The molecule has 110 valence electrons. The van der Waals surface area contributed by atoms with Gasteiger partial charge in [0, 0.05) is 23.4 Å². The van der Waals surface area contributed by atoms with E-state index in [1.54, 1.807) is 12.1 Å². The van der Waals surface area contributed by atoms with Gasteiger partial charge in [-0.1, -0.05) is 26.8 Å². The van der Waals surface area contributed by atoms with Crippen molar-refractivity contribution in [3.63, 3.8) is 0 Å². The van der Waals surface area contributed by atoms with Crippen molar-refractivity contribution in [2.24, 2.45) is 11.3 Å². The van der Waals surface area contributed by atoms with Crippen molar-refractivity contribution in [1.82, 2.24) is 0 Å². The summed E-state index contributed by atoms with van der Waals surface area (Å²) < 4.78 is 0. The minimum atomic E-state index is -0.312. The summed E-state index contributed by atoms with van der Waals surface area (Å²) >= 11 is 0. The summed E-state index contributed by atoms with van der Waals surface area (Å²) in [4.78, 5) is 10.7. The molecule has 0 aromatic heterocycles. The second-order valence-corrected chi connectivity index (χ2v) is 6.96. The number of hydrogen-bond acceptors (Lipinski definition) is 3. The zero-order valence-electron chi connectivity index (χ0n) is 12.8. The molecule has 1 aromatic rings. The molecule has 1 aliphatic rings. The highest BCUT2D eigenvalue weighted by Crippen LogP contribution is 2.40. The first-order chi connectivity index (χ1) is 9.28. The molecule has 20 heavy (non-hydrogen) atoms. The van der Waals surface area contributed by atoms with E-state index in [1.807, 2.05) is 13.0 Å². The molecule has 1 fully saturated rings. The molecule has 2 rings (SSSR count). The highest BCUT2D eigenvalue weighted by molar-refractivity contribution is 5.60. The molecule has 0 saturated heterocycles. The SMILES string of the molecule is Cc1c(NC2CC(C)CC(C)(C)C2)cccc1[N+](=O)[O-]. The van der Waals surface area contributed by atoms with Crippen molar-refractivity contribution < 1.29 is 4.92 Å². The smallest absolute Gasteiger partial charge is 0.274 e. The maximum atomic E-state index is 11.0. The molecule has 1 aliphatic carbocycles. The predicted octanol–water partition coefficient (Wildman–Crippen LogP) is 4.53. The van der Waals surface area contributed by atoms with Gasteiger partial charge in [0.25, 0.3) is 5.69 Å². The molecule has 1 saturated carbocycles. The molecular formula is C16H24N2O2.